The van der Waals surface area contributed by atoms with Crippen LogP contribution in [-0.4, -0.2) is 25.9 Å². The number of para-hydroxylation sites is 1. The molecule has 0 aliphatic carbocycles. The monoisotopic (exact) mass is 420 g/mol. The summed E-state index contributed by atoms with van der Waals surface area (Å²) < 4.78 is 1.96. The molecule has 1 heterocycles. The molecule has 0 aliphatic rings. The van der Waals surface area contributed by atoms with Crippen molar-refractivity contribution in [2.75, 3.05) is 5.32 Å². The van der Waals surface area contributed by atoms with Crippen molar-refractivity contribution in [3.05, 3.63) is 63.9 Å². The Morgan fingerprint density at radius 2 is 1.89 bits per heavy atom. The number of nitrogens with zero attached hydrogens (tertiary/aromatic N) is 3. The zero-order valence-electron chi connectivity index (χ0n) is 15.0. The number of benzene rings is 2. The van der Waals surface area contributed by atoms with Gasteiger partial charge in [0.2, 0.25) is 5.91 Å². The Kier molecular flexibility index (Phi) is 6.09. The van der Waals surface area contributed by atoms with Crippen LogP contribution in [0.1, 0.15) is 18.3 Å². The predicted molar refractivity (Wildman–Crippen MR) is 111 cm³/mol. The first kappa shape index (κ1) is 19.7. The Labute approximate surface area is 172 Å². The van der Waals surface area contributed by atoms with Crippen molar-refractivity contribution >= 4 is 46.6 Å². The van der Waals surface area contributed by atoms with Crippen molar-refractivity contribution in [1.29, 1.82) is 0 Å². The molecule has 5 nitrogen and oxygen atoms in total. The largest absolute Gasteiger partial charge is 0.324 e. The first-order valence-electron chi connectivity index (χ1n) is 8.27. The molecule has 2 aromatic carbocycles. The van der Waals surface area contributed by atoms with Crippen LogP contribution in [0.3, 0.4) is 0 Å². The minimum Gasteiger partial charge on any atom is -0.324 e. The molecule has 0 radical (unpaired) electrons. The number of aromatic nitrogens is 3. The number of aryl methyl sites for hydroxylation is 2. The van der Waals surface area contributed by atoms with Gasteiger partial charge in [-0.1, -0.05) is 53.2 Å². The molecule has 1 N–H and O–H groups in total. The maximum absolute atomic E-state index is 12.6. The smallest absolute Gasteiger partial charge is 0.237 e. The minimum absolute atomic E-state index is 0.179. The summed E-state index contributed by atoms with van der Waals surface area (Å²) in [5.41, 5.74) is 2.62. The Hall–Kier alpha value is -2.02. The second-order valence-corrected chi connectivity index (χ2v) is 8.18. The highest BCUT2D eigenvalue weighted by Gasteiger charge is 2.21. The van der Waals surface area contributed by atoms with Gasteiger partial charge in [-0.3, -0.25) is 9.36 Å². The van der Waals surface area contributed by atoms with E-state index in [9.17, 15) is 4.79 Å². The van der Waals surface area contributed by atoms with Crippen LogP contribution < -0.4 is 5.32 Å². The number of carbonyl (C=O) groups is 1. The molecule has 0 aliphatic heterocycles. The second-order valence-electron chi connectivity index (χ2n) is 6.03. The topological polar surface area (TPSA) is 59.8 Å². The molecule has 8 heteroatoms. The lowest BCUT2D eigenvalue weighted by Crippen LogP contribution is -2.23. The van der Waals surface area contributed by atoms with E-state index in [1.807, 2.05) is 49.6 Å². The lowest BCUT2D eigenvalue weighted by molar-refractivity contribution is -0.115. The standard InChI is InChI=1S/C19H18Cl2N4OS/c1-11-6-4-5-7-17(11)25-13(3)23-24-19(25)27-12(2)18(26)22-16-9-8-14(20)10-15(16)21/h4-10,12H,1-3H3,(H,22,26). The van der Waals surface area contributed by atoms with Gasteiger partial charge in [0.15, 0.2) is 5.16 Å². The molecule has 1 unspecified atom stereocenters. The SMILES string of the molecule is Cc1ccccc1-n1c(C)nnc1SC(C)C(=O)Nc1ccc(Cl)cc1Cl. The van der Waals surface area contributed by atoms with Gasteiger partial charge in [-0.05, 0) is 50.6 Å². The summed E-state index contributed by atoms with van der Waals surface area (Å²) in [5, 5.41) is 12.4. The number of hydrogen-bond donors (Lipinski definition) is 1. The van der Waals surface area contributed by atoms with Gasteiger partial charge in [-0.25, -0.2) is 0 Å². The van der Waals surface area contributed by atoms with E-state index < -0.39 is 5.25 Å². The Morgan fingerprint density at radius 1 is 1.15 bits per heavy atom. The quantitative estimate of drug-likeness (QED) is 0.568. The third kappa shape index (κ3) is 4.46. The van der Waals surface area contributed by atoms with Crippen molar-refractivity contribution < 1.29 is 4.79 Å². The van der Waals surface area contributed by atoms with Crippen molar-refractivity contribution in [3.63, 3.8) is 0 Å². The number of thioether (sulfide) groups is 1. The summed E-state index contributed by atoms with van der Waals surface area (Å²) in [6.07, 6.45) is 0. The van der Waals surface area contributed by atoms with Crippen molar-refractivity contribution in [2.24, 2.45) is 0 Å². The number of anilines is 1. The van der Waals surface area contributed by atoms with Gasteiger partial charge < -0.3 is 5.32 Å². The maximum atomic E-state index is 12.6. The van der Waals surface area contributed by atoms with Crippen LogP contribution in [0.25, 0.3) is 5.69 Å². The zero-order chi connectivity index (χ0) is 19.6. The van der Waals surface area contributed by atoms with Gasteiger partial charge in [-0.15, -0.1) is 10.2 Å². The fraction of sp³-hybridized carbons (Fsp3) is 0.211. The molecule has 0 fully saturated rings. The van der Waals surface area contributed by atoms with Crippen molar-refractivity contribution in [2.45, 2.75) is 31.2 Å². The fourth-order valence-electron chi connectivity index (χ4n) is 2.55. The molecule has 0 bridgehead atoms. The lowest BCUT2D eigenvalue weighted by Gasteiger charge is -2.15. The van der Waals surface area contributed by atoms with Crippen molar-refractivity contribution in [1.82, 2.24) is 14.8 Å². The Bertz CT molecular complexity index is 990. The summed E-state index contributed by atoms with van der Waals surface area (Å²) >= 11 is 13.4. The van der Waals surface area contributed by atoms with E-state index >= 15 is 0 Å². The molecular weight excluding hydrogens is 403 g/mol. The molecule has 3 rings (SSSR count). The van der Waals surface area contributed by atoms with Crippen molar-refractivity contribution in [3.8, 4) is 5.69 Å². The zero-order valence-corrected chi connectivity index (χ0v) is 17.4. The number of nitrogens with one attached hydrogen (secondary N) is 1. The van der Waals surface area contributed by atoms with Crippen LogP contribution >= 0.6 is 35.0 Å². The maximum Gasteiger partial charge on any atom is 0.237 e. The molecular formula is C19H18Cl2N4OS. The third-order valence-corrected chi connectivity index (χ3v) is 5.58. The Balaban J connectivity index is 1.79. The molecule has 0 spiro atoms. The highest BCUT2D eigenvalue weighted by Crippen LogP contribution is 2.29. The first-order valence-corrected chi connectivity index (χ1v) is 9.91. The number of hydrogen-bond acceptors (Lipinski definition) is 4. The summed E-state index contributed by atoms with van der Waals surface area (Å²) in [6, 6.07) is 12.9. The summed E-state index contributed by atoms with van der Waals surface area (Å²) in [6.45, 7) is 5.74. The number of amides is 1. The number of carbonyl (C=O) groups excluding carboxylic acids is 1. The average molecular weight is 421 g/mol. The Morgan fingerprint density at radius 3 is 2.59 bits per heavy atom. The highest BCUT2D eigenvalue weighted by atomic mass is 35.5. The predicted octanol–water partition coefficient (Wildman–Crippen LogP) is 5.31. The minimum atomic E-state index is -0.400. The fourth-order valence-corrected chi connectivity index (χ4v) is 3.91. The highest BCUT2D eigenvalue weighted by molar-refractivity contribution is 8.00. The van der Waals surface area contributed by atoms with Crippen LogP contribution in [0, 0.1) is 13.8 Å². The second kappa shape index (κ2) is 8.33. The summed E-state index contributed by atoms with van der Waals surface area (Å²) in [5.74, 6) is 0.585. The van der Waals surface area contributed by atoms with E-state index in [0.29, 0.717) is 20.9 Å². The van der Waals surface area contributed by atoms with Gasteiger partial charge in [0.05, 0.1) is 21.6 Å². The normalized spacial score (nSPS) is 12.0. The summed E-state index contributed by atoms with van der Waals surface area (Å²) in [7, 11) is 0. The number of halogens is 2. The van der Waals surface area contributed by atoms with Gasteiger partial charge >= 0.3 is 0 Å². The third-order valence-electron chi connectivity index (χ3n) is 3.99. The molecule has 3 aromatic rings. The van der Waals surface area contributed by atoms with Gasteiger partial charge in [0, 0.05) is 5.02 Å². The van der Waals surface area contributed by atoms with E-state index in [0.717, 1.165) is 17.1 Å². The van der Waals surface area contributed by atoms with E-state index in [-0.39, 0.29) is 5.91 Å². The van der Waals surface area contributed by atoms with E-state index in [4.69, 9.17) is 23.2 Å². The van der Waals surface area contributed by atoms with Gasteiger partial charge in [-0.2, -0.15) is 0 Å². The molecule has 0 saturated carbocycles. The van der Waals surface area contributed by atoms with Gasteiger partial charge in [0.25, 0.3) is 0 Å². The molecule has 27 heavy (non-hydrogen) atoms. The van der Waals surface area contributed by atoms with Crippen LogP contribution in [0.5, 0.6) is 0 Å². The lowest BCUT2D eigenvalue weighted by atomic mass is 10.2. The molecule has 140 valence electrons. The molecule has 1 aromatic heterocycles. The van der Waals surface area contributed by atoms with Gasteiger partial charge in [0.1, 0.15) is 5.82 Å². The summed E-state index contributed by atoms with van der Waals surface area (Å²) in [4.78, 5) is 12.6. The molecule has 1 atom stereocenters. The first-order chi connectivity index (χ1) is 12.9. The van der Waals surface area contributed by atoms with E-state index in [2.05, 4.69) is 15.5 Å². The average Bonchev–Trinajstić information content (AvgIpc) is 2.98. The van der Waals surface area contributed by atoms with E-state index in [1.165, 1.54) is 11.8 Å². The van der Waals surface area contributed by atoms with Crippen LogP contribution in [0.2, 0.25) is 10.0 Å². The molecule has 1 amide bonds. The number of rotatable bonds is 5. The van der Waals surface area contributed by atoms with Crippen LogP contribution in [0.15, 0.2) is 47.6 Å². The molecule has 0 saturated heterocycles. The van der Waals surface area contributed by atoms with E-state index in [1.54, 1.807) is 18.2 Å². The van der Waals surface area contributed by atoms with Crippen LogP contribution in [0.4, 0.5) is 5.69 Å². The van der Waals surface area contributed by atoms with Crippen LogP contribution in [-0.2, 0) is 4.79 Å².